The van der Waals surface area contributed by atoms with Gasteiger partial charge in [-0.2, -0.15) is 0 Å². The lowest BCUT2D eigenvalue weighted by atomic mass is 10.0. The number of pyridine rings is 1. The van der Waals surface area contributed by atoms with E-state index in [4.69, 9.17) is 4.74 Å². The maximum Gasteiger partial charge on any atom is 0.228 e. The van der Waals surface area contributed by atoms with Crippen LogP contribution in [0.15, 0.2) is 64.1 Å². The number of hydrogen-bond acceptors (Lipinski definition) is 3. The molecule has 0 spiro atoms. The molecule has 4 nitrogen and oxygen atoms in total. The second-order valence-electron chi connectivity index (χ2n) is 7.70. The summed E-state index contributed by atoms with van der Waals surface area (Å²) < 4.78 is 7.13. The molecule has 0 amide bonds. The summed E-state index contributed by atoms with van der Waals surface area (Å²) in [7, 11) is 2.00. The van der Waals surface area contributed by atoms with Crippen molar-refractivity contribution in [1.29, 1.82) is 0 Å². The normalized spacial score (nSPS) is 15.4. The lowest BCUT2D eigenvalue weighted by Crippen LogP contribution is -2.17. The Kier molecular flexibility index (Phi) is 6.18. The van der Waals surface area contributed by atoms with Crippen LogP contribution in [0.4, 0.5) is 5.69 Å². The Labute approximate surface area is 186 Å². The number of aromatic nitrogens is 1. The summed E-state index contributed by atoms with van der Waals surface area (Å²) in [5.41, 5.74) is 6.92. The van der Waals surface area contributed by atoms with Crippen LogP contribution in [-0.4, -0.2) is 35.9 Å². The molecule has 30 heavy (non-hydrogen) atoms. The SMILES string of the molecule is CCN(C)C=Nc1cc(Br)c(OC2Cc3ccc(-c4ccccc4)cc3C2)nc1C. The molecule has 1 aliphatic rings. The van der Waals surface area contributed by atoms with Gasteiger partial charge < -0.3 is 9.64 Å². The second kappa shape index (κ2) is 9.00. The Balaban J connectivity index is 1.48. The first-order chi connectivity index (χ1) is 14.5. The zero-order chi connectivity index (χ0) is 21.1. The first kappa shape index (κ1) is 20.6. The summed E-state index contributed by atoms with van der Waals surface area (Å²) in [6.07, 6.45) is 3.72. The molecule has 3 aromatic rings. The molecule has 1 heterocycles. The fourth-order valence-electron chi connectivity index (χ4n) is 3.63. The number of aryl methyl sites for hydroxylation is 1. The van der Waals surface area contributed by atoms with Crippen LogP contribution in [0.2, 0.25) is 0 Å². The second-order valence-corrected chi connectivity index (χ2v) is 8.55. The summed E-state index contributed by atoms with van der Waals surface area (Å²) in [6, 6.07) is 19.2. The standard InChI is InChI=1S/C25H26BrN3O/c1-4-29(3)16-27-24-15-23(26)25(28-17(24)2)30-22-13-20-11-10-19(12-21(20)14-22)18-8-6-5-7-9-18/h5-12,15-16,22H,4,13-14H2,1-3H3. The fraction of sp³-hybridized carbons (Fsp3) is 0.280. The molecular weight excluding hydrogens is 438 g/mol. The molecule has 4 rings (SSSR count). The predicted molar refractivity (Wildman–Crippen MR) is 127 cm³/mol. The van der Waals surface area contributed by atoms with Gasteiger partial charge in [0.15, 0.2) is 0 Å². The van der Waals surface area contributed by atoms with Crippen LogP contribution in [0.25, 0.3) is 11.1 Å². The van der Waals surface area contributed by atoms with Gasteiger partial charge in [0.05, 0.1) is 22.2 Å². The Morgan fingerprint density at radius 2 is 1.87 bits per heavy atom. The van der Waals surface area contributed by atoms with Crippen molar-refractivity contribution >= 4 is 28.0 Å². The van der Waals surface area contributed by atoms with Gasteiger partial charge in [-0.05, 0) is 58.1 Å². The summed E-state index contributed by atoms with van der Waals surface area (Å²) in [4.78, 5) is 11.2. The van der Waals surface area contributed by atoms with Gasteiger partial charge in [0.2, 0.25) is 5.88 Å². The Morgan fingerprint density at radius 3 is 2.63 bits per heavy atom. The molecule has 0 N–H and O–H groups in total. The topological polar surface area (TPSA) is 37.7 Å². The fourth-order valence-corrected chi connectivity index (χ4v) is 4.03. The van der Waals surface area contributed by atoms with E-state index in [1.54, 1.807) is 0 Å². The number of ether oxygens (including phenoxy) is 1. The summed E-state index contributed by atoms with van der Waals surface area (Å²) in [5, 5.41) is 0. The molecule has 1 atom stereocenters. The van der Waals surface area contributed by atoms with E-state index in [2.05, 4.69) is 75.3 Å². The highest BCUT2D eigenvalue weighted by Crippen LogP contribution is 2.34. The average Bonchev–Trinajstić information content (AvgIpc) is 3.17. The number of nitrogens with zero attached hydrogens (tertiary/aromatic N) is 3. The van der Waals surface area contributed by atoms with Gasteiger partial charge in [0.1, 0.15) is 6.10 Å². The largest absolute Gasteiger partial charge is 0.473 e. The van der Waals surface area contributed by atoms with Gasteiger partial charge in [0, 0.05) is 26.4 Å². The molecule has 1 unspecified atom stereocenters. The third-order valence-corrected chi connectivity index (χ3v) is 6.06. The molecule has 0 fully saturated rings. The number of aliphatic imine (C=N–C) groups is 1. The van der Waals surface area contributed by atoms with Gasteiger partial charge in [-0.3, -0.25) is 0 Å². The highest BCUT2D eigenvalue weighted by Gasteiger charge is 2.25. The Morgan fingerprint density at radius 1 is 1.10 bits per heavy atom. The third kappa shape index (κ3) is 4.57. The van der Waals surface area contributed by atoms with E-state index < -0.39 is 0 Å². The van der Waals surface area contributed by atoms with Crippen LogP contribution in [0.3, 0.4) is 0 Å². The summed E-state index contributed by atoms with van der Waals surface area (Å²) in [6.45, 7) is 4.96. The number of rotatable bonds is 6. The van der Waals surface area contributed by atoms with E-state index in [1.807, 2.05) is 37.3 Å². The molecule has 154 valence electrons. The lowest BCUT2D eigenvalue weighted by Gasteiger charge is -2.15. The molecule has 1 aliphatic carbocycles. The van der Waals surface area contributed by atoms with E-state index in [9.17, 15) is 0 Å². The molecule has 5 heteroatoms. The zero-order valence-corrected chi connectivity index (χ0v) is 19.2. The quantitative estimate of drug-likeness (QED) is 0.333. The predicted octanol–water partition coefficient (Wildman–Crippen LogP) is 5.98. The number of benzene rings is 2. The van der Waals surface area contributed by atoms with Crippen LogP contribution in [0.5, 0.6) is 5.88 Å². The molecule has 1 aromatic heterocycles. The maximum absolute atomic E-state index is 6.30. The molecule has 0 bridgehead atoms. The van der Waals surface area contributed by atoms with Crippen molar-refractivity contribution in [3.63, 3.8) is 0 Å². The summed E-state index contributed by atoms with van der Waals surface area (Å²) in [5.74, 6) is 0.636. The van der Waals surface area contributed by atoms with Crippen molar-refractivity contribution in [2.75, 3.05) is 13.6 Å². The smallest absolute Gasteiger partial charge is 0.228 e. The van der Waals surface area contributed by atoms with Crippen molar-refractivity contribution in [2.45, 2.75) is 32.8 Å². The van der Waals surface area contributed by atoms with Crippen LogP contribution in [-0.2, 0) is 12.8 Å². The van der Waals surface area contributed by atoms with Crippen LogP contribution < -0.4 is 4.74 Å². The van der Waals surface area contributed by atoms with E-state index in [1.165, 1.54) is 22.3 Å². The first-order valence-electron chi connectivity index (χ1n) is 10.3. The summed E-state index contributed by atoms with van der Waals surface area (Å²) >= 11 is 3.62. The highest BCUT2D eigenvalue weighted by molar-refractivity contribution is 9.10. The van der Waals surface area contributed by atoms with Gasteiger partial charge in [-0.1, -0.05) is 48.5 Å². The van der Waals surface area contributed by atoms with E-state index >= 15 is 0 Å². The van der Waals surface area contributed by atoms with Gasteiger partial charge in [-0.25, -0.2) is 9.98 Å². The first-order valence-corrected chi connectivity index (χ1v) is 11.1. The minimum atomic E-state index is 0.0924. The van der Waals surface area contributed by atoms with E-state index in [0.29, 0.717) is 5.88 Å². The molecule has 2 aromatic carbocycles. The van der Waals surface area contributed by atoms with E-state index in [0.717, 1.165) is 35.2 Å². The van der Waals surface area contributed by atoms with Crippen LogP contribution in [0.1, 0.15) is 23.7 Å². The molecule has 0 aliphatic heterocycles. The van der Waals surface area contributed by atoms with Crippen molar-refractivity contribution in [3.05, 3.63) is 75.9 Å². The molecule has 0 saturated heterocycles. The zero-order valence-electron chi connectivity index (χ0n) is 17.6. The maximum atomic E-state index is 6.30. The Hall–Kier alpha value is -2.66. The number of hydrogen-bond donors (Lipinski definition) is 0. The van der Waals surface area contributed by atoms with Crippen molar-refractivity contribution in [1.82, 2.24) is 9.88 Å². The molecular formula is C25H26BrN3O. The number of fused-ring (bicyclic) bond motifs is 1. The van der Waals surface area contributed by atoms with Crippen LogP contribution in [0, 0.1) is 6.92 Å². The highest BCUT2D eigenvalue weighted by atomic mass is 79.9. The van der Waals surface area contributed by atoms with Gasteiger partial charge in [-0.15, -0.1) is 0 Å². The minimum absolute atomic E-state index is 0.0924. The average molecular weight is 464 g/mol. The van der Waals surface area contributed by atoms with Crippen LogP contribution >= 0.6 is 15.9 Å². The van der Waals surface area contributed by atoms with Gasteiger partial charge >= 0.3 is 0 Å². The number of halogens is 1. The monoisotopic (exact) mass is 463 g/mol. The van der Waals surface area contributed by atoms with E-state index in [-0.39, 0.29) is 6.10 Å². The van der Waals surface area contributed by atoms with Crippen molar-refractivity contribution in [2.24, 2.45) is 4.99 Å². The Bertz CT molecular complexity index is 1070. The third-order valence-electron chi connectivity index (χ3n) is 5.49. The van der Waals surface area contributed by atoms with Crippen molar-refractivity contribution in [3.8, 4) is 17.0 Å². The van der Waals surface area contributed by atoms with Crippen molar-refractivity contribution < 1.29 is 4.74 Å². The molecule has 0 radical (unpaired) electrons. The van der Waals surface area contributed by atoms with Gasteiger partial charge in [0.25, 0.3) is 0 Å². The molecule has 0 saturated carbocycles. The lowest BCUT2D eigenvalue weighted by molar-refractivity contribution is 0.203. The minimum Gasteiger partial charge on any atom is -0.473 e.